The highest BCUT2D eigenvalue weighted by atomic mass is 16.5. The molecule has 4 fully saturated rings. The van der Waals surface area contributed by atoms with Crippen LogP contribution in [0.2, 0.25) is 0 Å². The van der Waals surface area contributed by atoms with Gasteiger partial charge in [-0.05, 0) is 75.0 Å². The lowest BCUT2D eigenvalue weighted by molar-refractivity contribution is -0.0522. The summed E-state index contributed by atoms with van der Waals surface area (Å²) < 4.78 is 5.14. The molecule has 4 aliphatic rings. The molecule has 18 heavy (non-hydrogen) atoms. The molecule has 0 unspecified atom stereocenters. The first-order valence-corrected chi connectivity index (χ1v) is 7.34. The lowest BCUT2D eigenvalue weighted by Gasteiger charge is -2.57. The Balaban J connectivity index is 1.64. The van der Waals surface area contributed by atoms with Crippen LogP contribution in [0.3, 0.4) is 0 Å². The zero-order valence-electron chi connectivity index (χ0n) is 11.1. The molecule has 2 N–H and O–H groups in total. The van der Waals surface area contributed by atoms with Gasteiger partial charge in [-0.3, -0.25) is 0 Å². The van der Waals surface area contributed by atoms with E-state index in [0.717, 1.165) is 29.9 Å². The number of rotatable bonds is 2. The molecule has 5 rings (SSSR count). The number of anilines is 1. The van der Waals surface area contributed by atoms with Crippen LogP contribution in [-0.2, 0) is 6.42 Å². The summed E-state index contributed by atoms with van der Waals surface area (Å²) in [4.78, 5) is 0. The molecule has 0 spiro atoms. The predicted octanol–water partition coefficient (Wildman–Crippen LogP) is 3.32. The summed E-state index contributed by atoms with van der Waals surface area (Å²) in [5.41, 5.74) is 8.66. The highest BCUT2D eigenvalue weighted by Crippen LogP contribution is 2.61. The molecule has 3 heteroatoms. The zero-order chi connectivity index (χ0) is 12.3. The van der Waals surface area contributed by atoms with Crippen LogP contribution < -0.4 is 5.73 Å². The molecule has 4 bridgehead atoms. The van der Waals surface area contributed by atoms with Gasteiger partial charge in [0.1, 0.15) is 0 Å². The van der Waals surface area contributed by atoms with E-state index in [1.165, 1.54) is 44.1 Å². The number of hydrogen-bond donors (Lipinski definition) is 1. The first-order valence-electron chi connectivity index (χ1n) is 7.34. The molecule has 0 aromatic carbocycles. The summed E-state index contributed by atoms with van der Waals surface area (Å²) in [6, 6.07) is 0. The summed E-state index contributed by atoms with van der Waals surface area (Å²) >= 11 is 0. The van der Waals surface area contributed by atoms with Gasteiger partial charge >= 0.3 is 0 Å². The van der Waals surface area contributed by atoms with Crippen LogP contribution in [0.1, 0.15) is 49.8 Å². The number of nitrogen functional groups attached to an aromatic ring is 1. The molecule has 1 aromatic rings. The fourth-order valence-electron chi connectivity index (χ4n) is 5.50. The number of hydrogen-bond acceptors (Lipinski definition) is 3. The van der Waals surface area contributed by atoms with Crippen LogP contribution in [0.5, 0.6) is 0 Å². The maximum Gasteiger partial charge on any atom is 0.225 e. The number of aryl methyl sites for hydroxylation is 1. The topological polar surface area (TPSA) is 52.0 Å². The minimum atomic E-state index is 0.527. The summed E-state index contributed by atoms with van der Waals surface area (Å²) in [7, 11) is 0. The molecule has 4 saturated carbocycles. The van der Waals surface area contributed by atoms with Gasteiger partial charge in [0.15, 0.2) is 0 Å². The van der Waals surface area contributed by atoms with Crippen molar-refractivity contribution in [3.63, 3.8) is 0 Å². The molecule has 0 radical (unpaired) electrons. The number of nitrogens with zero attached hydrogens (tertiary/aromatic N) is 1. The van der Waals surface area contributed by atoms with Crippen LogP contribution in [0.4, 0.5) is 5.88 Å². The van der Waals surface area contributed by atoms with Gasteiger partial charge in [-0.2, -0.15) is 0 Å². The van der Waals surface area contributed by atoms with Crippen LogP contribution in [0.25, 0.3) is 0 Å². The van der Waals surface area contributed by atoms with Gasteiger partial charge in [-0.25, -0.2) is 0 Å². The van der Waals surface area contributed by atoms with Gasteiger partial charge in [-0.1, -0.05) is 5.16 Å². The average Bonchev–Trinajstić information content (AvgIpc) is 2.58. The van der Waals surface area contributed by atoms with Crippen LogP contribution in [-0.4, -0.2) is 5.16 Å². The Bertz CT molecular complexity index is 422. The molecule has 4 aliphatic carbocycles. The maximum absolute atomic E-state index is 5.94. The summed E-state index contributed by atoms with van der Waals surface area (Å²) in [5.74, 6) is 3.55. The van der Waals surface area contributed by atoms with Crippen molar-refractivity contribution in [2.75, 3.05) is 5.73 Å². The van der Waals surface area contributed by atoms with Gasteiger partial charge in [0.05, 0.1) is 5.69 Å². The fraction of sp³-hybridized carbons (Fsp3) is 0.800. The van der Waals surface area contributed by atoms with Crippen molar-refractivity contribution in [3.05, 3.63) is 11.3 Å². The first kappa shape index (κ1) is 10.9. The SMILES string of the molecule is Cc1noc(N)c1CC12CC3CC(CC(C3)C1)C2. The second-order valence-corrected chi connectivity index (χ2v) is 7.21. The summed E-state index contributed by atoms with van der Waals surface area (Å²) in [5, 5.41) is 4.01. The molecular weight excluding hydrogens is 224 g/mol. The van der Waals surface area contributed by atoms with Crippen molar-refractivity contribution in [3.8, 4) is 0 Å². The second kappa shape index (κ2) is 3.52. The van der Waals surface area contributed by atoms with E-state index in [0.29, 0.717) is 11.3 Å². The standard InChI is InChI=1S/C15H22N2O/c1-9-13(14(16)18-17-9)8-15-5-10-2-11(6-15)4-12(3-10)7-15/h10-12H,2-8,16H2,1H3. The Morgan fingerprint density at radius 2 is 1.72 bits per heavy atom. The molecule has 0 atom stereocenters. The third-order valence-electron chi connectivity index (χ3n) is 5.73. The van der Waals surface area contributed by atoms with Gasteiger partial charge in [0.25, 0.3) is 0 Å². The molecule has 0 amide bonds. The van der Waals surface area contributed by atoms with Crippen molar-refractivity contribution in [1.82, 2.24) is 5.16 Å². The second-order valence-electron chi connectivity index (χ2n) is 7.21. The molecular formula is C15H22N2O. The van der Waals surface area contributed by atoms with Gasteiger partial charge in [-0.15, -0.1) is 0 Å². The molecule has 0 saturated heterocycles. The van der Waals surface area contributed by atoms with E-state index in [4.69, 9.17) is 10.3 Å². The Hall–Kier alpha value is -0.990. The lowest BCUT2D eigenvalue weighted by atomic mass is 9.48. The molecule has 3 nitrogen and oxygen atoms in total. The number of nitrogens with two attached hydrogens (primary N) is 1. The van der Waals surface area contributed by atoms with E-state index in [1.807, 2.05) is 6.92 Å². The van der Waals surface area contributed by atoms with Crippen LogP contribution >= 0.6 is 0 Å². The minimum absolute atomic E-state index is 0.527. The van der Waals surface area contributed by atoms with Crippen molar-refractivity contribution in [2.45, 2.75) is 51.9 Å². The molecule has 98 valence electrons. The van der Waals surface area contributed by atoms with Gasteiger partial charge in [0, 0.05) is 5.56 Å². The Morgan fingerprint density at radius 3 is 2.17 bits per heavy atom. The van der Waals surface area contributed by atoms with Crippen molar-refractivity contribution < 1.29 is 4.52 Å². The lowest BCUT2D eigenvalue weighted by Crippen LogP contribution is -2.47. The maximum atomic E-state index is 5.94. The summed E-state index contributed by atoms with van der Waals surface area (Å²) in [6.07, 6.45) is 9.86. The highest BCUT2D eigenvalue weighted by Gasteiger charge is 2.51. The van der Waals surface area contributed by atoms with E-state index >= 15 is 0 Å². The van der Waals surface area contributed by atoms with E-state index in [9.17, 15) is 0 Å². The van der Waals surface area contributed by atoms with Gasteiger partial charge in [0.2, 0.25) is 5.88 Å². The third-order valence-corrected chi connectivity index (χ3v) is 5.73. The molecule has 1 aromatic heterocycles. The Labute approximate surface area is 108 Å². The van der Waals surface area contributed by atoms with E-state index in [2.05, 4.69) is 5.16 Å². The van der Waals surface area contributed by atoms with Crippen LogP contribution in [0.15, 0.2) is 4.52 Å². The van der Waals surface area contributed by atoms with Gasteiger partial charge < -0.3 is 10.3 Å². The fourth-order valence-corrected chi connectivity index (χ4v) is 5.50. The first-order chi connectivity index (χ1) is 8.63. The smallest absolute Gasteiger partial charge is 0.225 e. The molecule has 1 heterocycles. The average molecular weight is 246 g/mol. The van der Waals surface area contributed by atoms with Crippen molar-refractivity contribution in [1.29, 1.82) is 0 Å². The van der Waals surface area contributed by atoms with Crippen molar-refractivity contribution in [2.24, 2.45) is 23.2 Å². The summed E-state index contributed by atoms with van der Waals surface area (Å²) in [6.45, 7) is 2.02. The quantitative estimate of drug-likeness (QED) is 0.870. The largest absolute Gasteiger partial charge is 0.367 e. The van der Waals surface area contributed by atoms with Crippen LogP contribution in [0, 0.1) is 30.1 Å². The number of aromatic nitrogens is 1. The Kier molecular flexibility index (Phi) is 2.13. The van der Waals surface area contributed by atoms with E-state index in [-0.39, 0.29) is 0 Å². The van der Waals surface area contributed by atoms with E-state index in [1.54, 1.807) is 0 Å². The Morgan fingerprint density at radius 1 is 1.17 bits per heavy atom. The van der Waals surface area contributed by atoms with E-state index < -0.39 is 0 Å². The normalized spacial score (nSPS) is 41.5. The molecule has 0 aliphatic heterocycles. The third kappa shape index (κ3) is 1.52. The minimum Gasteiger partial charge on any atom is -0.367 e. The van der Waals surface area contributed by atoms with Crippen molar-refractivity contribution >= 4 is 5.88 Å². The zero-order valence-corrected chi connectivity index (χ0v) is 11.1. The predicted molar refractivity (Wildman–Crippen MR) is 70.0 cm³/mol. The highest BCUT2D eigenvalue weighted by molar-refractivity contribution is 5.39. The monoisotopic (exact) mass is 246 g/mol.